The van der Waals surface area contributed by atoms with Crippen LogP contribution < -0.4 is 4.74 Å². The molecule has 1 unspecified atom stereocenters. The van der Waals surface area contributed by atoms with Crippen LogP contribution in [0.2, 0.25) is 0 Å². The number of rotatable bonds is 3. The van der Waals surface area contributed by atoms with Crippen molar-refractivity contribution in [2.24, 2.45) is 0 Å². The summed E-state index contributed by atoms with van der Waals surface area (Å²) in [6, 6.07) is 7.91. The van der Waals surface area contributed by atoms with E-state index in [9.17, 15) is 0 Å². The summed E-state index contributed by atoms with van der Waals surface area (Å²) < 4.78 is 16.0. The highest BCUT2D eigenvalue weighted by Gasteiger charge is 2.09. The van der Waals surface area contributed by atoms with Crippen molar-refractivity contribution in [3.63, 3.8) is 0 Å². The summed E-state index contributed by atoms with van der Waals surface area (Å²) in [6.07, 6.45) is 4.12. The van der Waals surface area contributed by atoms with E-state index in [1.165, 1.54) is 0 Å². The van der Waals surface area contributed by atoms with Gasteiger partial charge in [-0.1, -0.05) is 24.3 Å². The van der Waals surface area contributed by atoms with E-state index >= 15 is 0 Å². The maximum Gasteiger partial charge on any atom is 0.119 e. The van der Waals surface area contributed by atoms with Crippen molar-refractivity contribution in [1.29, 1.82) is 0 Å². The van der Waals surface area contributed by atoms with Gasteiger partial charge in [0.05, 0.1) is 33.0 Å². The highest BCUT2D eigenvalue weighted by atomic mass is 16.6. The van der Waals surface area contributed by atoms with Gasteiger partial charge in [0.1, 0.15) is 5.75 Å². The first-order valence-corrected chi connectivity index (χ1v) is 5.40. The van der Waals surface area contributed by atoms with Gasteiger partial charge in [0.2, 0.25) is 0 Å². The van der Waals surface area contributed by atoms with Crippen LogP contribution in [-0.4, -0.2) is 33.0 Å². The molecule has 1 aliphatic heterocycles. The maximum atomic E-state index is 5.51. The number of methoxy groups -OCH3 is 1. The topological polar surface area (TPSA) is 27.7 Å². The summed E-state index contributed by atoms with van der Waals surface area (Å²) >= 11 is 0. The second-order valence-corrected chi connectivity index (χ2v) is 3.62. The first-order valence-electron chi connectivity index (χ1n) is 5.40. The van der Waals surface area contributed by atoms with Gasteiger partial charge in [-0.2, -0.15) is 0 Å². The van der Waals surface area contributed by atoms with Gasteiger partial charge >= 0.3 is 0 Å². The summed E-state index contributed by atoms with van der Waals surface area (Å²) in [5.41, 5.74) is 1.11. The van der Waals surface area contributed by atoms with Crippen molar-refractivity contribution in [3.8, 4) is 5.75 Å². The predicted molar refractivity (Wildman–Crippen MR) is 62.6 cm³/mol. The molecule has 86 valence electrons. The van der Waals surface area contributed by atoms with Gasteiger partial charge in [0.15, 0.2) is 0 Å². The van der Waals surface area contributed by atoms with E-state index in [1.807, 2.05) is 36.4 Å². The Balaban J connectivity index is 1.98. The summed E-state index contributed by atoms with van der Waals surface area (Å²) in [5, 5.41) is 0. The smallest absolute Gasteiger partial charge is 0.119 e. The van der Waals surface area contributed by atoms with Crippen LogP contribution in [0.25, 0.3) is 6.08 Å². The van der Waals surface area contributed by atoms with Crippen molar-refractivity contribution < 1.29 is 14.2 Å². The van der Waals surface area contributed by atoms with Gasteiger partial charge in [0.25, 0.3) is 0 Å². The second kappa shape index (κ2) is 5.68. The number of hydrogen-bond donors (Lipinski definition) is 0. The van der Waals surface area contributed by atoms with Crippen molar-refractivity contribution in [2.45, 2.75) is 6.10 Å². The molecule has 3 heteroatoms. The Hall–Kier alpha value is -1.32. The van der Waals surface area contributed by atoms with Crippen LogP contribution in [0.3, 0.4) is 0 Å². The van der Waals surface area contributed by atoms with Gasteiger partial charge in [-0.3, -0.25) is 0 Å². The zero-order valence-electron chi connectivity index (χ0n) is 9.39. The van der Waals surface area contributed by atoms with Gasteiger partial charge in [-0.15, -0.1) is 0 Å². The Morgan fingerprint density at radius 1 is 1.38 bits per heavy atom. The molecule has 0 aliphatic carbocycles. The third-order valence-electron chi connectivity index (χ3n) is 2.44. The van der Waals surface area contributed by atoms with Crippen molar-refractivity contribution >= 4 is 6.08 Å². The summed E-state index contributed by atoms with van der Waals surface area (Å²) in [7, 11) is 1.67. The van der Waals surface area contributed by atoms with Crippen LogP contribution in [-0.2, 0) is 9.47 Å². The Labute approximate surface area is 95.6 Å². The lowest BCUT2D eigenvalue weighted by molar-refractivity contribution is -0.0672. The van der Waals surface area contributed by atoms with E-state index < -0.39 is 0 Å². The van der Waals surface area contributed by atoms with E-state index in [1.54, 1.807) is 7.11 Å². The molecule has 1 aromatic carbocycles. The Morgan fingerprint density at radius 3 is 3.06 bits per heavy atom. The normalized spacial score (nSPS) is 21.2. The number of ether oxygens (including phenoxy) is 3. The van der Waals surface area contributed by atoms with Gasteiger partial charge < -0.3 is 14.2 Å². The van der Waals surface area contributed by atoms with Crippen molar-refractivity contribution in [1.82, 2.24) is 0 Å². The fourth-order valence-electron chi connectivity index (χ4n) is 1.58. The lowest BCUT2D eigenvalue weighted by atomic mass is 10.2. The standard InChI is InChI=1S/C13H16O3/c1-14-12-4-2-3-11(9-12)5-6-13-10-15-7-8-16-13/h2-6,9,13H,7-8,10H2,1H3/b6-5+. The third-order valence-corrected chi connectivity index (χ3v) is 2.44. The highest BCUT2D eigenvalue weighted by Crippen LogP contribution is 2.14. The molecule has 1 aliphatic rings. The predicted octanol–water partition coefficient (Wildman–Crippen LogP) is 2.12. The van der Waals surface area contributed by atoms with Crippen LogP contribution in [0.1, 0.15) is 5.56 Å². The molecule has 0 N–H and O–H groups in total. The molecule has 0 radical (unpaired) electrons. The minimum absolute atomic E-state index is 0.0694. The zero-order chi connectivity index (χ0) is 11.2. The lowest BCUT2D eigenvalue weighted by Crippen LogP contribution is -2.26. The van der Waals surface area contributed by atoms with Crippen LogP contribution in [0.5, 0.6) is 5.75 Å². The summed E-state index contributed by atoms with van der Waals surface area (Å²) in [6.45, 7) is 2.01. The monoisotopic (exact) mass is 220 g/mol. The van der Waals surface area contributed by atoms with Crippen LogP contribution in [0.4, 0.5) is 0 Å². The minimum Gasteiger partial charge on any atom is -0.497 e. The SMILES string of the molecule is COc1cccc(/C=C/C2COCCO2)c1. The molecule has 1 fully saturated rings. The van der Waals surface area contributed by atoms with E-state index in [0.29, 0.717) is 19.8 Å². The molecule has 2 rings (SSSR count). The fourth-order valence-corrected chi connectivity index (χ4v) is 1.58. The minimum atomic E-state index is 0.0694. The molecular weight excluding hydrogens is 204 g/mol. The first kappa shape index (κ1) is 11.2. The van der Waals surface area contributed by atoms with Crippen LogP contribution >= 0.6 is 0 Å². The molecule has 1 heterocycles. The molecule has 0 bridgehead atoms. The van der Waals surface area contributed by atoms with Gasteiger partial charge in [-0.05, 0) is 17.7 Å². The lowest BCUT2D eigenvalue weighted by Gasteiger charge is -2.19. The van der Waals surface area contributed by atoms with Crippen molar-refractivity contribution in [3.05, 3.63) is 35.9 Å². The molecule has 1 aromatic rings. The quantitative estimate of drug-likeness (QED) is 0.781. The third kappa shape index (κ3) is 3.08. The number of hydrogen-bond acceptors (Lipinski definition) is 3. The summed E-state index contributed by atoms with van der Waals surface area (Å²) in [5.74, 6) is 0.864. The molecule has 0 amide bonds. The largest absolute Gasteiger partial charge is 0.497 e. The van der Waals surface area contributed by atoms with Crippen LogP contribution in [0, 0.1) is 0 Å². The average molecular weight is 220 g/mol. The summed E-state index contributed by atoms with van der Waals surface area (Å²) in [4.78, 5) is 0. The maximum absolute atomic E-state index is 5.51. The zero-order valence-corrected chi connectivity index (χ0v) is 9.39. The molecule has 0 spiro atoms. The molecule has 16 heavy (non-hydrogen) atoms. The highest BCUT2D eigenvalue weighted by molar-refractivity contribution is 5.52. The van der Waals surface area contributed by atoms with E-state index in [2.05, 4.69) is 0 Å². The fraction of sp³-hybridized carbons (Fsp3) is 0.385. The van der Waals surface area contributed by atoms with Crippen molar-refractivity contribution in [2.75, 3.05) is 26.9 Å². The van der Waals surface area contributed by atoms with E-state index in [4.69, 9.17) is 14.2 Å². The number of benzene rings is 1. The molecule has 0 aromatic heterocycles. The van der Waals surface area contributed by atoms with E-state index in [0.717, 1.165) is 11.3 Å². The van der Waals surface area contributed by atoms with Gasteiger partial charge in [-0.25, -0.2) is 0 Å². The van der Waals surface area contributed by atoms with Gasteiger partial charge in [0, 0.05) is 0 Å². The molecular formula is C13H16O3. The molecule has 0 saturated carbocycles. The Kier molecular flexibility index (Phi) is 3.97. The molecule has 3 nitrogen and oxygen atoms in total. The Bertz CT molecular complexity index is 354. The first-order chi connectivity index (χ1) is 7.88. The Morgan fingerprint density at radius 2 is 2.31 bits per heavy atom. The average Bonchev–Trinajstić information content (AvgIpc) is 2.38. The second-order valence-electron chi connectivity index (χ2n) is 3.62. The van der Waals surface area contributed by atoms with E-state index in [-0.39, 0.29) is 6.10 Å². The molecule has 1 atom stereocenters. The van der Waals surface area contributed by atoms with Crippen LogP contribution in [0.15, 0.2) is 30.3 Å². The molecule has 1 saturated heterocycles.